The molecule has 1 aliphatic heterocycles. The van der Waals surface area contributed by atoms with Gasteiger partial charge < -0.3 is 0 Å². The molecule has 117 valence electrons. The molecule has 0 bridgehead atoms. The minimum absolute atomic E-state index is 0.890. The van der Waals surface area contributed by atoms with Gasteiger partial charge in [-0.2, -0.15) is 0 Å². The maximum absolute atomic E-state index is 4.29. The van der Waals surface area contributed by atoms with E-state index in [-0.39, 0.29) is 0 Å². The second-order valence-corrected chi connectivity index (χ2v) is 7.52. The van der Waals surface area contributed by atoms with E-state index >= 15 is 0 Å². The Balaban J connectivity index is 1.49. The minimum atomic E-state index is 0.890. The molecule has 2 aromatic heterocycles. The average Bonchev–Trinajstić information content (AvgIpc) is 3.02. The summed E-state index contributed by atoms with van der Waals surface area (Å²) < 4.78 is 1.02. The number of nitrogens with zero attached hydrogens (tertiary/aromatic N) is 3. The molecule has 3 heterocycles. The number of benzene rings is 1. The monoisotopic (exact) mass is 322 g/mol. The number of hydrogen-bond donors (Lipinski definition) is 0. The highest BCUT2D eigenvalue weighted by atomic mass is 32.1. The van der Waals surface area contributed by atoms with Gasteiger partial charge in [-0.1, -0.05) is 31.2 Å². The van der Waals surface area contributed by atoms with Gasteiger partial charge in [0, 0.05) is 11.4 Å². The Bertz CT molecular complexity index is 753. The summed E-state index contributed by atoms with van der Waals surface area (Å²) in [4.78, 5) is 12.1. The highest BCUT2D eigenvalue weighted by Gasteiger charge is 2.15. The number of aromatic nitrogens is 2. The van der Waals surface area contributed by atoms with Crippen LogP contribution in [0.5, 0.6) is 0 Å². The zero-order valence-corrected chi connectivity index (χ0v) is 14.1. The van der Waals surface area contributed by atoms with Crippen molar-refractivity contribution in [1.29, 1.82) is 0 Å². The quantitative estimate of drug-likeness (QED) is 0.716. The van der Waals surface area contributed by atoms with Crippen molar-refractivity contribution in [3.8, 4) is 10.4 Å². The van der Waals surface area contributed by atoms with Crippen molar-refractivity contribution in [1.82, 2.24) is 14.9 Å². The van der Waals surface area contributed by atoms with E-state index in [1.54, 1.807) is 17.7 Å². The highest BCUT2D eigenvalue weighted by molar-refractivity contribution is 7.22. The summed E-state index contributed by atoms with van der Waals surface area (Å²) in [6, 6.07) is 11.1. The zero-order valence-electron chi connectivity index (χ0n) is 13.3. The van der Waals surface area contributed by atoms with E-state index in [0.29, 0.717) is 0 Å². The maximum Gasteiger partial charge on any atom is 0.116 e. The van der Waals surface area contributed by atoms with E-state index in [2.05, 4.69) is 58.3 Å². The van der Waals surface area contributed by atoms with Crippen LogP contribution in [0.25, 0.3) is 20.7 Å². The maximum atomic E-state index is 4.29. The molecule has 0 saturated carbocycles. The van der Waals surface area contributed by atoms with Crippen LogP contribution in [0.3, 0.4) is 0 Å². The Labute approximate surface area is 141 Å². The van der Waals surface area contributed by atoms with Crippen molar-refractivity contribution >= 4 is 21.6 Å². The molecule has 0 amide bonds. The summed E-state index contributed by atoms with van der Waals surface area (Å²) >= 11 is 1.70. The van der Waals surface area contributed by atoms with Crippen LogP contribution in [0.4, 0.5) is 0 Å². The summed E-state index contributed by atoms with van der Waals surface area (Å²) in [5.41, 5.74) is 3.62. The van der Waals surface area contributed by atoms with Crippen LogP contribution in [0.1, 0.15) is 25.3 Å². The molecule has 3 nitrogen and oxygen atoms in total. The van der Waals surface area contributed by atoms with Crippen molar-refractivity contribution in [2.24, 2.45) is 5.92 Å². The molecule has 0 atom stereocenters. The summed E-state index contributed by atoms with van der Waals surface area (Å²) in [5.74, 6) is 0.890. The fourth-order valence-corrected chi connectivity index (χ4v) is 4.09. The van der Waals surface area contributed by atoms with E-state index in [1.807, 2.05) is 0 Å². The molecule has 0 unspecified atom stereocenters. The first-order valence-electron chi connectivity index (χ1n) is 8.22. The van der Waals surface area contributed by atoms with Gasteiger partial charge >= 0.3 is 0 Å². The number of piperidine rings is 1. The fourth-order valence-electron chi connectivity index (χ4n) is 3.13. The van der Waals surface area contributed by atoms with Gasteiger partial charge in [0.15, 0.2) is 0 Å². The van der Waals surface area contributed by atoms with Crippen molar-refractivity contribution < 1.29 is 0 Å². The number of likely N-dealkylation sites (tertiary alicyclic amines) is 1. The van der Waals surface area contributed by atoms with E-state index in [1.165, 1.54) is 41.9 Å². The third-order valence-corrected chi connectivity index (χ3v) is 5.73. The van der Waals surface area contributed by atoms with E-state index in [0.717, 1.165) is 22.7 Å². The smallest absolute Gasteiger partial charge is 0.116 e. The second-order valence-electron chi connectivity index (χ2n) is 6.47. The molecule has 1 aliphatic rings. The molecule has 0 aliphatic carbocycles. The predicted octanol–water partition coefficient (Wildman–Crippen LogP) is 4.39. The average molecular weight is 322 g/mol. The largest absolute Gasteiger partial charge is 0.299 e. The Hall–Kier alpha value is -1.78. The van der Waals surface area contributed by atoms with Crippen LogP contribution in [0.15, 0.2) is 36.7 Å². The lowest BCUT2D eigenvalue weighted by atomic mass is 9.99. The van der Waals surface area contributed by atoms with Crippen LogP contribution in [-0.2, 0) is 6.54 Å². The van der Waals surface area contributed by atoms with Gasteiger partial charge in [0.2, 0.25) is 0 Å². The number of fused-ring (bicyclic) bond motifs is 1. The first-order chi connectivity index (χ1) is 11.3. The van der Waals surface area contributed by atoms with Gasteiger partial charge in [0.05, 0.1) is 10.2 Å². The van der Waals surface area contributed by atoms with Crippen LogP contribution in [0.2, 0.25) is 0 Å². The Kier molecular flexibility index (Phi) is 4.10. The lowest BCUT2D eigenvalue weighted by Crippen LogP contribution is -2.32. The number of thiophene rings is 1. The first kappa shape index (κ1) is 14.8. The predicted molar refractivity (Wildman–Crippen MR) is 95.4 cm³/mol. The van der Waals surface area contributed by atoms with Crippen molar-refractivity contribution in [2.75, 3.05) is 13.1 Å². The van der Waals surface area contributed by atoms with Gasteiger partial charge in [-0.05, 0) is 49.0 Å². The van der Waals surface area contributed by atoms with Crippen molar-refractivity contribution in [3.63, 3.8) is 0 Å². The summed E-state index contributed by atoms with van der Waals surface area (Å²) in [6.45, 7) is 5.89. The van der Waals surface area contributed by atoms with Crippen LogP contribution >= 0.6 is 11.3 Å². The summed E-state index contributed by atoms with van der Waals surface area (Å²) in [5, 5.41) is 0. The Morgan fingerprint density at radius 1 is 1.22 bits per heavy atom. The number of hydrogen-bond acceptors (Lipinski definition) is 4. The van der Waals surface area contributed by atoms with Crippen LogP contribution in [0, 0.1) is 12.1 Å². The van der Waals surface area contributed by atoms with Gasteiger partial charge in [-0.3, -0.25) is 4.90 Å². The third-order valence-electron chi connectivity index (χ3n) is 4.65. The Morgan fingerprint density at radius 2 is 2.00 bits per heavy atom. The van der Waals surface area contributed by atoms with Gasteiger partial charge in [-0.25, -0.2) is 9.97 Å². The second kappa shape index (κ2) is 6.38. The van der Waals surface area contributed by atoms with E-state index < -0.39 is 0 Å². The normalized spacial score (nSPS) is 16.9. The van der Waals surface area contributed by atoms with Crippen LogP contribution < -0.4 is 0 Å². The summed E-state index contributed by atoms with van der Waals surface area (Å²) in [6.07, 6.45) is 7.23. The first-order valence-corrected chi connectivity index (χ1v) is 9.03. The topological polar surface area (TPSA) is 29.0 Å². The molecule has 0 N–H and O–H groups in total. The molecule has 1 saturated heterocycles. The van der Waals surface area contributed by atoms with Gasteiger partial charge in [0.25, 0.3) is 0 Å². The van der Waals surface area contributed by atoms with Gasteiger partial charge in [0.1, 0.15) is 12.5 Å². The zero-order chi connectivity index (χ0) is 15.6. The molecule has 3 aromatic rings. The third kappa shape index (κ3) is 3.28. The van der Waals surface area contributed by atoms with E-state index in [4.69, 9.17) is 0 Å². The highest BCUT2D eigenvalue weighted by Crippen LogP contribution is 2.32. The van der Waals surface area contributed by atoms with E-state index in [9.17, 15) is 0 Å². The van der Waals surface area contributed by atoms with Crippen LogP contribution in [-0.4, -0.2) is 28.0 Å². The minimum Gasteiger partial charge on any atom is -0.299 e. The SMILES string of the molecule is CC1CCN(Cc2ccc(-c3cc4ncn[c]c4s3)cc2)CC1. The summed E-state index contributed by atoms with van der Waals surface area (Å²) in [7, 11) is 0. The standard InChI is InChI=1S/C19H20N3S/c1-14-6-8-22(9-7-14)12-15-2-4-16(5-3-15)18-10-17-19(23-18)11-20-13-21-17/h2-5,10,13-14H,6-9,12H2,1H3. The molecule has 4 rings (SSSR count). The molecule has 1 fully saturated rings. The lowest BCUT2D eigenvalue weighted by molar-refractivity contribution is 0.185. The Morgan fingerprint density at radius 3 is 2.74 bits per heavy atom. The van der Waals surface area contributed by atoms with Crippen molar-refractivity contribution in [2.45, 2.75) is 26.3 Å². The molecule has 1 radical (unpaired) electrons. The number of rotatable bonds is 3. The molecule has 1 aromatic carbocycles. The molecular formula is C19H20N3S. The van der Waals surface area contributed by atoms with Crippen molar-refractivity contribution in [3.05, 3.63) is 48.4 Å². The molecule has 23 heavy (non-hydrogen) atoms. The lowest BCUT2D eigenvalue weighted by Gasteiger charge is -2.30. The molecule has 4 heteroatoms. The molecular weight excluding hydrogens is 302 g/mol. The molecule has 0 spiro atoms. The fraction of sp³-hybridized carbons (Fsp3) is 0.368. The van der Waals surface area contributed by atoms with Gasteiger partial charge in [-0.15, -0.1) is 11.3 Å².